The van der Waals surface area contributed by atoms with Crippen LogP contribution in [0, 0.1) is 0 Å². The van der Waals surface area contributed by atoms with E-state index in [4.69, 9.17) is 13.3 Å². The molecule has 0 N–H and O–H groups in total. The number of benzene rings is 7. The standard InChI is InChI=1S/C60H55BN2O3/c1-57(2,3)34-19-23-36(24-20-34)62-53-44-31-45-46(60(9,10)28-27-59(45,7)8)32-50(44)66-56(53)61-52-42(30-43-39-16-12-14-18-49(39)65-55(43)54(52)62)40-29-41-38-15-11-13-17-48(38)64-51(41)33-47(40)63(61)37-25-21-35(22-26-37)58(4,5)6/h11-26,29-33H,27-28H2,1-10H3. The maximum absolute atomic E-state index is 7.61. The van der Waals surface area contributed by atoms with Crippen molar-refractivity contribution in [3.05, 3.63) is 150 Å². The lowest BCUT2D eigenvalue weighted by molar-refractivity contribution is 0.332. The van der Waals surface area contributed by atoms with E-state index in [2.05, 4.69) is 206 Å². The Morgan fingerprint density at radius 2 is 1.03 bits per heavy atom. The van der Waals surface area contributed by atoms with E-state index in [1.807, 2.05) is 0 Å². The smallest absolute Gasteiger partial charge is 0.376 e. The minimum Gasteiger partial charge on any atom is -0.466 e. The van der Waals surface area contributed by atoms with Gasteiger partial charge in [0.25, 0.3) is 0 Å². The zero-order valence-corrected chi connectivity index (χ0v) is 39.7. The van der Waals surface area contributed by atoms with Crippen LogP contribution in [0.1, 0.15) is 104 Å². The highest BCUT2D eigenvalue weighted by molar-refractivity contribution is 6.93. The number of furan rings is 3. The van der Waals surface area contributed by atoms with Crippen LogP contribution < -0.4 is 20.8 Å². The highest BCUT2D eigenvalue weighted by atomic mass is 16.3. The Kier molecular flexibility index (Phi) is 7.84. The van der Waals surface area contributed by atoms with E-state index in [1.165, 1.54) is 27.8 Å². The van der Waals surface area contributed by atoms with Gasteiger partial charge in [-0.3, -0.25) is 0 Å². The van der Waals surface area contributed by atoms with Crippen LogP contribution >= 0.6 is 0 Å². The molecule has 0 bridgehead atoms. The van der Waals surface area contributed by atoms with Gasteiger partial charge in [0.2, 0.25) is 0 Å². The van der Waals surface area contributed by atoms with Crippen molar-refractivity contribution in [1.82, 2.24) is 0 Å². The summed E-state index contributed by atoms with van der Waals surface area (Å²) in [4.78, 5) is 5.03. The Labute approximate surface area is 387 Å². The predicted octanol–water partition coefficient (Wildman–Crippen LogP) is 15.9. The topological polar surface area (TPSA) is 45.9 Å². The van der Waals surface area contributed by atoms with Crippen molar-refractivity contribution in [2.24, 2.45) is 0 Å². The first-order valence-corrected chi connectivity index (χ1v) is 23.8. The summed E-state index contributed by atoms with van der Waals surface area (Å²) in [6.07, 6.45) is 2.24. The van der Waals surface area contributed by atoms with Crippen molar-refractivity contribution in [1.29, 1.82) is 0 Å². The van der Waals surface area contributed by atoms with Gasteiger partial charge in [0, 0.05) is 55.6 Å². The van der Waals surface area contributed by atoms with Crippen molar-refractivity contribution < 1.29 is 13.3 Å². The number of nitrogens with zero attached hydrogens (tertiary/aromatic N) is 2. The summed E-state index contributed by atoms with van der Waals surface area (Å²) in [5.41, 5.74) is 19.5. The fraction of sp³-hybridized carbons (Fsp3) is 0.267. The first-order valence-electron chi connectivity index (χ1n) is 23.8. The largest absolute Gasteiger partial charge is 0.466 e. The first kappa shape index (κ1) is 39.7. The predicted molar refractivity (Wildman–Crippen MR) is 277 cm³/mol. The summed E-state index contributed by atoms with van der Waals surface area (Å²) in [5.74, 6) is 0. The lowest BCUT2D eigenvalue weighted by Gasteiger charge is -2.44. The van der Waals surface area contributed by atoms with Gasteiger partial charge in [-0.2, -0.15) is 0 Å². The Balaban J connectivity index is 1.22. The minimum absolute atomic E-state index is 0.00327. The minimum atomic E-state index is -0.354. The number of hydrogen-bond acceptors (Lipinski definition) is 5. The van der Waals surface area contributed by atoms with Gasteiger partial charge in [0.05, 0.1) is 11.4 Å². The normalized spacial score (nSPS) is 16.4. The third kappa shape index (κ3) is 5.48. The molecule has 3 aliphatic rings. The number of rotatable bonds is 2. The van der Waals surface area contributed by atoms with Crippen molar-refractivity contribution >= 4 is 101 Å². The molecule has 13 rings (SSSR count). The van der Waals surface area contributed by atoms with Crippen LogP contribution in [0.15, 0.2) is 141 Å². The molecule has 3 aromatic heterocycles. The van der Waals surface area contributed by atoms with E-state index >= 15 is 0 Å². The van der Waals surface area contributed by atoms with Crippen LogP contribution in [0.25, 0.3) is 66.0 Å². The van der Waals surface area contributed by atoms with Gasteiger partial charge >= 0.3 is 6.85 Å². The zero-order valence-electron chi connectivity index (χ0n) is 39.7. The third-order valence-electron chi connectivity index (χ3n) is 15.6. The van der Waals surface area contributed by atoms with Gasteiger partial charge in [-0.05, 0) is 128 Å². The van der Waals surface area contributed by atoms with E-state index < -0.39 is 0 Å². The zero-order chi connectivity index (χ0) is 45.4. The second kappa shape index (κ2) is 13.0. The fourth-order valence-electron chi connectivity index (χ4n) is 11.7. The summed E-state index contributed by atoms with van der Waals surface area (Å²) >= 11 is 0. The van der Waals surface area contributed by atoms with Crippen molar-refractivity contribution in [3.63, 3.8) is 0 Å². The molecule has 326 valence electrons. The molecule has 1 aliphatic carbocycles. The van der Waals surface area contributed by atoms with Crippen molar-refractivity contribution in [2.45, 2.75) is 104 Å². The molecule has 6 heteroatoms. The summed E-state index contributed by atoms with van der Waals surface area (Å²) in [5, 5.41) is 5.52. The second-order valence-electron chi connectivity index (χ2n) is 22.8. The van der Waals surface area contributed by atoms with E-state index in [1.54, 1.807) is 0 Å². The molecule has 66 heavy (non-hydrogen) atoms. The summed E-state index contributed by atoms with van der Waals surface area (Å²) in [6.45, 7) is 23.0. The molecule has 0 spiro atoms. The fourth-order valence-corrected chi connectivity index (χ4v) is 11.7. The molecule has 2 aliphatic heterocycles. The molecule has 0 fully saturated rings. The third-order valence-corrected chi connectivity index (χ3v) is 15.6. The summed E-state index contributed by atoms with van der Waals surface area (Å²) in [6, 6.07) is 47.3. The van der Waals surface area contributed by atoms with Crippen LogP contribution in [0.3, 0.4) is 0 Å². The maximum Gasteiger partial charge on any atom is 0.376 e. The highest BCUT2D eigenvalue weighted by Gasteiger charge is 2.51. The van der Waals surface area contributed by atoms with E-state index in [-0.39, 0.29) is 28.5 Å². The molecule has 7 aromatic carbocycles. The molecule has 10 aromatic rings. The first-order chi connectivity index (χ1) is 31.5. The van der Waals surface area contributed by atoms with Crippen LogP contribution in [0.4, 0.5) is 28.4 Å². The molecular formula is C60H55BN2O3. The molecule has 0 amide bonds. The molecule has 0 saturated carbocycles. The molecule has 0 unspecified atom stereocenters. The van der Waals surface area contributed by atoms with Crippen LogP contribution in [0.2, 0.25) is 0 Å². The molecule has 5 heterocycles. The van der Waals surface area contributed by atoms with Crippen molar-refractivity contribution in [3.8, 4) is 11.1 Å². The van der Waals surface area contributed by atoms with E-state index in [9.17, 15) is 0 Å². The average molecular weight is 863 g/mol. The molecular weight excluding hydrogens is 807 g/mol. The number of para-hydroxylation sites is 2. The van der Waals surface area contributed by atoms with Crippen molar-refractivity contribution in [2.75, 3.05) is 9.71 Å². The number of fused-ring (bicyclic) bond motifs is 14. The van der Waals surface area contributed by atoms with Crippen LogP contribution in [-0.4, -0.2) is 6.85 Å². The van der Waals surface area contributed by atoms with E-state index in [0.717, 1.165) is 113 Å². The molecule has 0 saturated heterocycles. The summed E-state index contributed by atoms with van der Waals surface area (Å²) < 4.78 is 21.5. The van der Waals surface area contributed by atoms with Gasteiger partial charge < -0.3 is 23.0 Å². The van der Waals surface area contributed by atoms with Crippen LogP contribution in [0.5, 0.6) is 0 Å². The number of hydrogen-bond donors (Lipinski definition) is 0. The van der Waals surface area contributed by atoms with Gasteiger partial charge in [-0.15, -0.1) is 0 Å². The lowest BCUT2D eigenvalue weighted by Crippen LogP contribution is -2.61. The monoisotopic (exact) mass is 862 g/mol. The number of anilines is 5. The molecule has 0 radical (unpaired) electrons. The van der Waals surface area contributed by atoms with Gasteiger partial charge in [0.15, 0.2) is 5.58 Å². The van der Waals surface area contributed by atoms with Crippen LogP contribution in [-0.2, 0) is 21.7 Å². The van der Waals surface area contributed by atoms with E-state index in [0.29, 0.717) is 0 Å². The Bertz CT molecular complexity index is 3680. The second-order valence-corrected chi connectivity index (χ2v) is 22.8. The maximum atomic E-state index is 7.61. The van der Waals surface area contributed by atoms with Gasteiger partial charge in [-0.25, -0.2) is 0 Å². The highest BCUT2D eigenvalue weighted by Crippen LogP contribution is 2.55. The Hall–Kier alpha value is -6.66. The average Bonchev–Trinajstić information content (AvgIpc) is 3.97. The SMILES string of the molecule is CC(C)(C)c1ccc(N2B3c4oc5cc6c(cc5c4N(c4ccc(C(C)(C)C)cc4)c4c3c(cc3c4oc4ccccc43)-c3cc4c(cc32)oc2ccccc24)C(C)(C)CCC6(C)C)cc1. The Morgan fingerprint density at radius 1 is 0.485 bits per heavy atom. The lowest BCUT2D eigenvalue weighted by atomic mass is 9.45. The quantitative estimate of drug-likeness (QED) is 0.162. The van der Waals surface area contributed by atoms with Gasteiger partial charge in [0.1, 0.15) is 28.0 Å². The Morgan fingerprint density at radius 3 is 1.67 bits per heavy atom. The summed E-state index contributed by atoms with van der Waals surface area (Å²) in [7, 11) is 0. The molecule has 5 nitrogen and oxygen atoms in total. The van der Waals surface area contributed by atoms with Gasteiger partial charge in [-0.1, -0.05) is 130 Å². The molecule has 0 atom stereocenters.